The molecular formula is C9H13N3O5. The number of primary amides is 1. The average Bonchev–Trinajstić information content (AvgIpc) is 2.87. The van der Waals surface area contributed by atoms with E-state index in [1.165, 1.54) is 6.33 Å². The highest BCUT2D eigenvalue weighted by Gasteiger charge is 2.47. The van der Waals surface area contributed by atoms with Crippen LogP contribution in [-0.4, -0.2) is 51.2 Å². The van der Waals surface area contributed by atoms with Gasteiger partial charge in [0, 0.05) is 6.42 Å². The van der Waals surface area contributed by atoms with Gasteiger partial charge in [-0.1, -0.05) is 0 Å². The molecular weight excluding hydrogens is 230 g/mol. The van der Waals surface area contributed by atoms with E-state index in [2.05, 4.69) is 9.97 Å². The molecule has 2 atom stereocenters. The van der Waals surface area contributed by atoms with Crippen LogP contribution >= 0.6 is 0 Å². The Morgan fingerprint density at radius 3 is 3.12 bits per heavy atom. The Balaban J connectivity index is 2.24. The zero-order chi connectivity index (χ0) is 12.5. The van der Waals surface area contributed by atoms with E-state index in [9.17, 15) is 15.0 Å². The minimum atomic E-state index is -1.58. The Hall–Kier alpha value is -1.64. The molecule has 0 spiro atoms. The molecule has 0 aromatic carbocycles. The number of aromatic amines is 1. The summed E-state index contributed by atoms with van der Waals surface area (Å²) in [5, 5.41) is 19.0. The number of nitrogens with two attached hydrogens (primary N) is 1. The molecule has 5 N–H and O–H groups in total. The van der Waals surface area contributed by atoms with E-state index in [1.807, 2.05) is 0 Å². The largest absolute Gasteiger partial charge is 0.438 e. The molecule has 1 aromatic rings. The van der Waals surface area contributed by atoms with Crippen LogP contribution in [0.5, 0.6) is 5.88 Å². The van der Waals surface area contributed by atoms with Crippen molar-refractivity contribution in [2.24, 2.45) is 5.73 Å². The number of carbonyl (C=O) groups excluding carboxylic acids is 1. The van der Waals surface area contributed by atoms with Crippen molar-refractivity contribution in [2.75, 3.05) is 13.2 Å². The summed E-state index contributed by atoms with van der Waals surface area (Å²) in [7, 11) is 0. The fourth-order valence-electron chi connectivity index (χ4n) is 1.64. The molecule has 0 unspecified atom stereocenters. The van der Waals surface area contributed by atoms with Gasteiger partial charge in [0.05, 0.1) is 12.9 Å². The molecule has 8 heteroatoms. The molecule has 1 fully saturated rings. The fraction of sp³-hybridized carbons (Fsp3) is 0.556. The lowest BCUT2D eigenvalue weighted by Crippen LogP contribution is -2.49. The van der Waals surface area contributed by atoms with Crippen molar-refractivity contribution >= 4 is 5.91 Å². The summed E-state index contributed by atoms with van der Waals surface area (Å²) < 4.78 is 10.5. The van der Waals surface area contributed by atoms with Crippen LogP contribution in [-0.2, 0) is 4.74 Å². The summed E-state index contributed by atoms with van der Waals surface area (Å²) in [6, 6.07) is 0. The van der Waals surface area contributed by atoms with Gasteiger partial charge < -0.3 is 30.4 Å². The lowest BCUT2D eigenvalue weighted by atomic mass is 10.1. The van der Waals surface area contributed by atoms with E-state index in [0.717, 1.165) is 0 Å². The first-order valence-electron chi connectivity index (χ1n) is 5.04. The summed E-state index contributed by atoms with van der Waals surface area (Å²) >= 11 is 0. The number of nitrogens with one attached hydrogen (secondary N) is 1. The Bertz CT molecular complexity index is 421. The van der Waals surface area contributed by atoms with Gasteiger partial charge in [0.2, 0.25) is 5.88 Å². The van der Waals surface area contributed by atoms with Crippen LogP contribution in [0.15, 0.2) is 6.33 Å². The Kier molecular flexibility index (Phi) is 3.01. The highest BCUT2D eigenvalue weighted by atomic mass is 16.7. The van der Waals surface area contributed by atoms with Crippen LogP contribution in [0, 0.1) is 0 Å². The third-order valence-corrected chi connectivity index (χ3v) is 2.59. The minimum absolute atomic E-state index is 0.0412. The van der Waals surface area contributed by atoms with Gasteiger partial charge in [-0.3, -0.25) is 4.79 Å². The Labute approximate surface area is 96.4 Å². The summed E-state index contributed by atoms with van der Waals surface area (Å²) in [5.74, 6) is -2.44. The predicted octanol–water partition coefficient (Wildman–Crippen LogP) is -1.64. The number of hydrogen-bond donors (Lipinski definition) is 4. The van der Waals surface area contributed by atoms with Crippen molar-refractivity contribution < 1.29 is 24.5 Å². The first kappa shape index (κ1) is 11.8. The monoisotopic (exact) mass is 243 g/mol. The number of carbonyl (C=O) groups is 1. The molecule has 0 aliphatic carbocycles. The van der Waals surface area contributed by atoms with Gasteiger partial charge in [0.25, 0.3) is 11.7 Å². The number of rotatable bonds is 4. The maximum absolute atomic E-state index is 11.0. The second-order valence-corrected chi connectivity index (χ2v) is 3.67. The molecule has 1 saturated heterocycles. The smallest absolute Gasteiger partial charge is 0.270 e. The number of aromatic nitrogens is 2. The standard InChI is InChI=1S/C9H13N3O5/c10-7(15)6-8(12-4-11-6)17-9(3-13)5(14)1-2-16-9/h4-5,13-14H,1-3H2,(H2,10,15)(H,11,12)/t5-,9+/m0/s1. The van der Waals surface area contributed by atoms with Crippen LogP contribution in [0.2, 0.25) is 0 Å². The number of ether oxygens (including phenoxy) is 2. The molecule has 1 aliphatic heterocycles. The lowest BCUT2D eigenvalue weighted by molar-refractivity contribution is -0.215. The van der Waals surface area contributed by atoms with Gasteiger partial charge in [0.15, 0.2) is 5.69 Å². The number of aliphatic hydroxyl groups excluding tert-OH is 2. The second kappa shape index (κ2) is 4.32. The quantitative estimate of drug-likeness (QED) is 0.501. The second-order valence-electron chi connectivity index (χ2n) is 3.67. The number of nitrogens with zero attached hydrogens (tertiary/aromatic N) is 1. The van der Waals surface area contributed by atoms with Gasteiger partial charge in [0.1, 0.15) is 12.7 Å². The van der Waals surface area contributed by atoms with Crippen LogP contribution in [0.1, 0.15) is 16.9 Å². The minimum Gasteiger partial charge on any atom is -0.438 e. The van der Waals surface area contributed by atoms with E-state index in [0.29, 0.717) is 6.42 Å². The molecule has 1 aliphatic rings. The topological polar surface area (TPSA) is 131 Å². The third kappa shape index (κ3) is 1.97. The molecule has 8 nitrogen and oxygen atoms in total. The van der Waals surface area contributed by atoms with Crippen LogP contribution < -0.4 is 10.5 Å². The van der Waals surface area contributed by atoms with Gasteiger partial charge in [-0.15, -0.1) is 0 Å². The van der Waals surface area contributed by atoms with E-state index in [-0.39, 0.29) is 18.2 Å². The number of aliphatic hydroxyl groups is 2. The Morgan fingerprint density at radius 1 is 1.82 bits per heavy atom. The molecule has 1 aromatic heterocycles. The highest BCUT2D eigenvalue weighted by molar-refractivity contribution is 5.93. The zero-order valence-electron chi connectivity index (χ0n) is 8.92. The van der Waals surface area contributed by atoms with Crippen molar-refractivity contribution in [3.8, 4) is 5.88 Å². The Morgan fingerprint density at radius 2 is 2.59 bits per heavy atom. The van der Waals surface area contributed by atoms with Crippen LogP contribution in [0.3, 0.4) is 0 Å². The van der Waals surface area contributed by atoms with Gasteiger partial charge in [-0.25, -0.2) is 4.98 Å². The molecule has 94 valence electrons. The van der Waals surface area contributed by atoms with Crippen molar-refractivity contribution in [1.29, 1.82) is 0 Å². The van der Waals surface area contributed by atoms with Crippen LogP contribution in [0.25, 0.3) is 0 Å². The molecule has 17 heavy (non-hydrogen) atoms. The third-order valence-electron chi connectivity index (χ3n) is 2.59. The fourth-order valence-corrected chi connectivity index (χ4v) is 1.64. The summed E-state index contributed by atoms with van der Waals surface area (Å²) in [6.07, 6.45) is 0.559. The first-order valence-corrected chi connectivity index (χ1v) is 5.04. The first-order chi connectivity index (χ1) is 8.09. The molecule has 2 rings (SSSR count). The highest BCUT2D eigenvalue weighted by Crippen LogP contribution is 2.29. The summed E-state index contributed by atoms with van der Waals surface area (Å²) in [4.78, 5) is 17.3. The molecule has 0 bridgehead atoms. The molecule has 0 saturated carbocycles. The summed E-state index contributed by atoms with van der Waals surface area (Å²) in [6.45, 7) is -0.308. The lowest BCUT2D eigenvalue weighted by Gasteiger charge is -2.29. The van der Waals surface area contributed by atoms with E-state index >= 15 is 0 Å². The molecule has 1 amide bonds. The molecule has 0 radical (unpaired) electrons. The predicted molar refractivity (Wildman–Crippen MR) is 54.1 cm³/mol. The van der Waals surface area contributed by atoms with Crippen LogP contribution in [0.4, 0.5) is 0 Å². The number of hydrogen-bond acceptors (Lipinski definition) is 6. The van der Waals surface area contributed by atoms with Crippen molar-refractivity contribution in [1.82, 2.24) is 9.97 Å². The van der Waals surface area contributed by atoms with E-state index in [4.69, 9.17) is 15.2 Å². The van der Waals surface area contributed by atoms with Crippen molar-refractivity contribution in [2.45, 2.75) is 18.3 Å². The van der Waals surface area contributed by atoms with Gasteiger partial charge in [-0.2, -0.15) is 0 Å². The van der Waals surface area contributed by atoms with Crippen molar-refractivity contribution in [3.05, 3.63) is 12.0 Å². The van der Waals surface area contributed by atoms with Gasteiger partial charge in [-0.05, 0) is 0 Å². The van der Waals surface area contributed by atoms with E-state index in [1.54, 1.807) is 0 Å². The maximum atomic E-state index is 11.0. The SMILES string of the molecule is NC(=O)c1[nH]cnc1O[C@@]1(CO)OCC[C@@H]1O. The number of amides is 1. The number of imidazole rings is 1. The van der Waals surface area contributed by atoms with Crippen molar-refractivity contribution in [3.63, 3.8) is 0 Å². The summed E-state index contributed by atoms with van der Waals surface area (Å²) in [5.41, 5.74) is 5.06. The maximum Gasteiger partial charge on any atom is 0.270 e. The van der Waals surface area contributed by atoms with E-state index < -0.39 is 24.4 Å². The average molecular weight is 243 g/mol. The van der Waals surface area contributed by atoms with Gasteiger partial charge >= 0.3 is 0 Å². The normalized spacial score (nSPS) is 28.2. The zero-order valence-corrected chi connectivity index (χ0v) is 8.92. The molecule has 2 heterocycles. The number of H-pyrrole nitrogens is 1.